The van der Waals surface area contributed by atoms with Crippen LogP contribution in [0.2, 0.25) is 10.0 Å². The van der Waals surface area contributed by atoms with Gasteiger partial charge < -0.3 is 9.84 Å². The maximum atomic E-state index is 12.7. The number of hydrogen-bond acceptors (Lipinski definition) is 4. The van der Waals surface area contributed by atoms with Crippen molar-refractivity contribution >= 4 is 34.9 Å². The normalized spacial score (nSPS) is 16.2. The summed E-state index contributed by atoms with van der Waals surface area (Å²) in [6.07, 6.45) is 4.29. The number of carbonyl (C=O) groups is 1. The highest BCUT2D eigenvalue weighted by Gasteiger charge is 2.27. The van der Waals surface area contributed by atoms with Crippen LogP contribution in [0.4, 0.5) is 5.82 Å². The third kappa shape index (κ3) is 3.73. The Balaban J connectivity index is 1.52. The molecule has 0 bridgehead atoms. The van der Waals surface area contributed by atoms with Crippen LogP contribution in [0.25, 0.3) is 0 Å². The van der Waals surface area contributed by atoms with Crippen LogP contribution in [0.15, 0.2) is 35.0 Å². The molecule has 2 aromatic heterocycles. The van der Waals surface area contributed by atoms with Crippen molar-refractivity contribution in [3.8, 4) is 0 Å². The predicted molar refractivity (Wildman–Crippen MR) is 103 cm³/mol. The van der Waals surface area contributed by atoms with Gasteiger partial charge in [-0.05, 0) is 30.4 Å². The zero-order valence-corrected chi connectivity index (χ0v) is 16.2. The minimum Gasteiger partial charge on any atom is -0.360 e. The summed E-state index contributed by atoms with van der Waals surface area (Å²) in [7, 11) is 0. The van der Waals surface area contributed by atoms with Gasteiger partial charge in [0.2, 0.25) is 0 Å². The van der Waals surface area contributed by atoms with Crippen LogP contribution in [0.5, 0.6) is 0 Å². The topological polar surface area (TPSA) is 73.0 Å². The summed E-state index contributed by atoms with van der Waals surface area (Å²) in [4.78, 5) is 12.7. The number of anilines is 1. The lowest BCUT2D eigenvalue weighted by Gasteiger charge is -2.16. The maximum Gasteiger partial charge on any atom is 0.279 e. The molecule has 1 unspecified atom stereocenters. The van der Waals surface area contributed by atoms with Crippen molar-refractivity contribution in [2.75, 3.05) is 5.32 Å². The molecule has 0 fully saturated rings. The zero-order chi connectivity index (χ0) is 19.0. The SMILES string of the molecule is CC1CCc2onc(C(=O)Nc3nn(Cc4ccccc4Cl)cc3Cl)c2C1. The first-order valence-electron chi connectivity index (χ1n) is 8.76. The second-order valence-corrected chi connectivity index (χ2v) is 7.66. The van der Waals surface area contributed by atoms with Crippen molar-refractivity contribution in [3.63, 3.8) is 0 Å². The molecule has 27 heavy (non-hydrogen) atoms. The van der Waals surface area contributed by atoms with Crippen LogP contribution in [-0.4, -0.2) is 20.8 Å². The number of halogens is 2. The van der Waals surface area contributed by atoms with E-state index in [0.29, 0.717) is 28.2 Å². The Labute approximate surface area is 166 Å². The molecule has 1 N–H and O–H groups in total. The van der Waals surface area contributed by atoms with E-state index >= 15 is 0 Å². The molecule has 2 heterocycles. The minimum atomic E-state index is -0.362. The molecule has 0 saturated carbocycles. The third-order valence-electron chi connectivity index (χ3n) is 4.74. The Bertz CT molecular complexity index is 996. The standard InChI is InChI=1S/C19H18Cl2N4O2/c1-11-6-7-16-13(8-11)17(24-27-16)19(26)22-18-15(21)10-25(23-18)9-12-4-2-3-5-14(12)20/h2-5,10-11H,6-9H2,1H3,(H,22,23,26). The highest BCUT2D eigenvalue weighted by molar-refractivity contribution is 6.33. The lowest BCUT2D eigenvalue weighted by molar-refractivity contribution is 0.101. The molecule has 140 valence electrons. The molecule has 4 rings (SSSR count). The van der Waals surface area contributed by atoms with Gasteiger partial charge in [0.1, 0.15) is 10.8 Å². The van der Waals surface area contributed by atoms with Crippen LogP contribution >= 0.6 is 23.2 Å². The van der Waals surface area contributed by atoms with Gasteiger partial charge in [-0.1, -0.05) is 53.5 Å². The zero-order valence-electron chi connectivity index (χ0n) is 14.7. The monoisotopic (exact) mass is 404 g/mol. The van der Waals surface area contributed by atoms with E-state index in [0.717, 1.165) is 36.1 Å². The number of fused-ring (bicyclic) bond motifs is 1. The maximum absolute atomic E-state index is 12.7. The highest BCUT2D eigenvalue weighted by atomic mass is 35.5. The lowest BCUT2D eigenvalue weighted by atomic mass is 9.88. The van der Waals surface area contributed by atoms with E-state index in [2.05, 4.69) is 22.5 Å². The first-order chi connectivity index (χ1) is 13.0. The number of rotatable bonds is 4. The third-order valence-corrected chi connectivity index (χ3v) is 5.39. The van der Waals surface area contributed by atoms with Gasteiger partial charge in [0.05, 0.1) is 6.54 Å². The van der Waals surface area contributed by atoms with E-state index in [1.54, 1.807) is 10.9 Å². The first-order valence-corrected chi connectivity index (χ1v) is 9.52. The van der Waals surface area contributed by atoms with Crippen LogP contribution in [-0.2, 0) is 19.4 Å². The number of amides is 1. The highest BCUT2D eigenvalue weighted by Crippen LogP contribution is 2.29. The van der Waals surface area contributed by atoms with Gasteiger partial charge >= 0.3 is 0 Å². The minimum absolute atomic E-state index is 0.286. The van der Waals surface area contributed by atoms with Crippen molar-refractivity contribution in [1.82, 2.24) is 14.9 Å². The predicted octanol–water partition coefficient (Wildman–Crippen LogP) is 4.60. The van der Waals surface area contributed by atoms with E-state index in [-0.39, 0.29) is 11.7 Å². The van der Waals surface area contributed by atoms with Crippen LogP contribution < -0.4 is 5.32 Å². The molecular formula is C19H18Cl2N4O2. The van der Waals surface area contributed by atoms with Gasteiger partial charge in [0.15, 0.2) is 11.5 Å². The molecule has 0 aliphatic heterocycles. The summed E-state index contributed by atoms with van der Waals surface area (Å²) in [6, 6.07) is 7.51. The molecule has 1 amide bonds. The van der Waals surface area contributed by atoms with Crippen LogP contribution in [0.1, 0.15) is 40.7 Å². The molecule has 8 heteroatoms. The summed E-state index contributed by atoms with van der Waals surface area (Å²) in [5, 5.41) is 12.1. The van der Waals surface area contributed by atoms with E-state index in [1.807, 2.05) is 24.3 Å². The van der Waals surface area contributed by atoms with Gasteiger partial charge in [0, 0.05) is 23.2 Å². The smallest absolute Gasteiger partial charge is 0.279 e. The largest absolute Gasteiger partial charge is 0.360 e. The van der Waals surface area contributed by atoms with Crippen molar-refractivity contribution < 1.29 is 9.32 Å². The van der Waals surface area contributed by atoms with Gasteiger partial charge in [-0.15, -0.1) is 0 Å². The summed E-state index contributed by atoms with van der Waals surface area (Å²) < 4.78 is 6.98. The molecule has 0 radical (unpaired) electrons. The van der Waals surface area contributed by atoms with Gasteiger partial charge in [-0.2, -0.15) is 5.10 Å². The van der Waals surface area contributed by atoms with Crippen molar-refractivity contribution in [3.05, 3.63) is 63.1 Å². The lowest BCUT2D eigenvalue weighted by Crippen LogP contribution is -2.18. The second-order valence-electron chi connectivity index (χ2n) is 6.85. The quantitative estimate of drug-likeness (QED) is 0.689. The molecule has 0 saturated heterocycles. The molecule has 6 nitrogen and oxygen atoms in total. The molecule has 1 aromatic carbocycles. The van der Waals surface area contributed by atoms with Crippen molar-refractivity contribution in [2.24, 2.45) is 5.92 Å². The van der Waals surface area contributed by atoms with Crippen LogP contribution in [0, 0.1) is 5.92 Å². The summed E-state index contributed by atoms with van der Waals surface area (Å²) >= 11 is 12.4. The number of aryl methyl sites for hydroxylation is 1. The summed E-state index contributed by atoms with van der Waals surface area (Å²) in [6.45, 7) is 2.61. The Morgan fingerprint density at radius 3 is 2.96 bits per heavy atom. The number of nitrogens with zero attached hydrogens (tertiary/aromatic N) is 3. The van der Waals surface area contributed by atoms with E-state index in [1.165, 1.54) is 0 Å². The van der Waals surface area contributed by atoms with E-state index < -0.39 is 0 Å². The Morgan fingerprint density at radius 1 is 1.33 bits per heavy atom. The number of hydrogen-bond donors (Lipinski definition) is 1. The van der Waals surface area contributed by atoms with Crippen LogP contribution in [0.3, 0.4) is 0 Å². The molecule has 1 atom stereocenters. The number of carbonyl (C=O) groups excluding carboxylic acids is 1. The summed E-state index contributed by atoms with van der Waals surface area (Å²) in [5.74, 6) is 1.23. The fourth-order valence-corrected chi connectivity index (χ4v) is 3.68. The fraction of sp³-hybridized carbons (Fsp3) is 0.316. The molecule has 1 aliphatic rings. The fourth-order valence-electron chi connectivity index (χ4n) is 3.29. The average molecular weight is 405 g/mol. The van der Waals surface area contributed by atoms with Gasteiger partial charge in [-0.3, -0.25) is 9.48 Å². The Hall–Kier alpha value is -2.31. The molecular weight excluding hydrogens is 387 g/mol. The molecule has 3 aromatic rings. The second kappa shape index (κ2) is 7.37. The molecule has 0 spiro atoms. The van der Waals surface area contributed by atoms with Gasteiger partial charge in [-0.25, -0.2) is 0 Å². The van der Waals surface area contributed by atoms with Crippen molar-refractivity contribution in [1.29, 1.82) is 0 Å². The van der Waals surface area contributed by atoms with Crippen molar-refractivity contribution in [2.45, 2.75) is 32.7 Å². The number of benzene rings is 1. The van der Waals surface area contributed by atoms with E-state index in [9.17, 15) is 4.79 Å². The first kappa shape index (κ1) is 18.1. The Kier molecular flexibility index (Phi) is 4.93. The molecule has 1 aliphatic carbocycles. The average Bonchev–Trinajstić information content (AvgIpc) is 3.20. The number of nitrogens with one attached hydrogen (secondary N) is 1. The number of aromatic nitrogens is 3. The Morgan fingerprint density at radius 2 is 2.15 bits per heavy atom. The van der Waals surface area contributed by atoms with E-state index in [4.69, 9.17) is 27.7 Å². The summed E-state index contributed by atoms with van der Waals surface area (Å²) in [5.41, 5.74) is 2.11. The van der Waals surface area contributed by atoms with Gasteiger partial charge in [0.25, 0.3) is 5.91 Å².